The van der Waals surface area contributed by atoms with Crippen LogP contribution < -0.4 is 10.6 Å². The van der Waals surface area contributed by atoms with Crippen LogP contribution in [0.5, 0.6) is 0 Å². The fraction of sp³-hybridized carbons (Fsp3) is 0.895. The number of carbonyl (C=O) groups is 1. The first-order valence-corrected chi connectivity index (χ1v) is 10.1. The summed E-state index contributed by atoms with van der Waals surface area (Å²) in [6.45, 7) is 5.82. The average Bonchev–Trinajstić information content (AvgIpc) is 3.10. The highest BCUT2D eigenvalue weighted by molar-refractivity contribution is 5.84. The van der Waals surface area contributed by atoms with Gasteiger partial charge in [-0.2, -0.15) is 0 Å². The zero-order valence-corrected chi connectivity index (χ0v) is 16.4. The Kier molecular flexibility index (Phi) is 8.52. The van der Waals surface area contributed by atoms with Gasteiger partial charge in [-0.15, -0.1) is 0 Å². The number of likely N-dealkylation sites (tertiary alicyclic amines) is 1. The van der Waals surface area contributed by atoms with Crippen molar-refractivity contribution in [2.45, 2.75) is 70.4 Å². The van der Waals surface area contributed by atoms with Crippen molar-refractivity contribution in [2.24, 2.45) is 4.99 Å². The summed E-state index contributed by atoms with van der Waals surface area (Å²) in [5.41, 5.74) is 0. The van der Waals surface area contributed by atoms with Crippen LogP contribution in [0.2, 0.25) is 0 Å². The third-order valence-electron chi connectivity index (χ3n) is 5.42. The van der Waals surface area contributed by atoms with Gasteiger partial charge >= 0.3 is 0 Å². The monoisotopic (exact) mass is 351 g/mol. The molecule has 1 saturated heterocycles. The molecule has 1 aliphatic carbocycles. The van der Waals surface area contributed by atoms with Gasteiger partial charge in [0.15, 0.2) is 5.96 Å². The number of rotatable bonds is 7. The van der Waals surface area contributed by atoms with Gasteiger partial charge in [-0.3, -0.25) is 4.79 Å². The number of carbonyl (C=O) groups excluding carboxylic acids is 1. The molecule has 0 aromatic heterocycles. The lowest BCUT2D eigenvalue weighted by molar-refractivity contribution is -0.127. The molecule has 1 atom stereocenters. The van der Waals surface area contributed by atoms with E-state index >= 15 is 0 Å². The van der Waals surface area contributed by atoms with E-state index in [4.69, 9.17) is 0 Å². The molecule has 2 aliphatic rings. The van der Waals surface area contributed by atoms with E-state index in [9.17, 15) is 4.79 Å². The lowest BCUT2D eigenvalue weighted by Gasteiger charge is -2.33. The highest BCUT2D eigenvalue weighted by atomic mass is 16.2. The number of nitrogens with one attached hydrogen (secondary N) is 2. The van der Waals surface area contributed by atoms with Crippen LogP contribution in [0, 0.1) is 0 Å². The van der Waals surface area contributed by atoms with Gasteiger partial charge in [-0.25, -0.2) is 4.99 Å². The first-order chi connectivity index (χ1) is 12.1. The molecular formula is C19H37N5O. The topological polar surface area (TPSA) is 60.0 Å². The molecule has 6 heteroatoms. The van der Waals surface area contributed by atoms with Crippen LogP contribution in [-0.4, -0.2) is 74.0 Å². The second kappa shape index (κ2) is 10.6. The SMILES string of the molecule is CC1CCCCN1CCCNC(=NCC(=O)N(C)C)NC1CCCC1. The van der Waals surface area contributed by atoms with Gasteiger partial charge in [0.05, 0.1) is 0 Å². The summed E-state index contributed by atoms with van der Waals surface area (Å²) in [7, 11) is 3.55. The van der Waals surface area contributed by atoms with E-state index < -0.39 is 0 Å². The van der Waals surface area contributed by atoms with Crippen LogP contribution in [0.4, 0.5) is 0 Å². The summed E-state index contributed by atoms with van der Waals surface area (Å²) < 4.78 is 0. The molecule has 0 aromatic carbocycles. The van der Waals surface area contributed by atoms with Crippen LogP contribution >= 0.6 is 0 Å². The largest absolute Gasteiger partial charge is 0.356 e. The quantitative estimate of drug-likeness (QED) is 0.417. The van der Waals surface area contributed by atoms with Crippen molar-refractivity contribution >= 4 is 11.9 Å². The third-order valence-corrected chi connectivity index (χ3v) is 5.42. The molecule has 2 N–H and O–H groups in total. The molecule has 144 valence electrons. The summed E-state index contributed by atoms with van der Waals surface area (Å²) in [6, 6.07) is 1.22. The second-order valence-corrected chi connectivity index (χ2v) is 7.74. The number of nitrogens with zero attached hydrogens (tertiary/aromatic N) is 3. The lowest BCUT2D eigenvalue weighted by atomic mass is 10.0. The Labute approximate surface area is 153 Å². The van der Waals surface area contributed by atoms with E-state index in [-0.39, 0.29) is 12.5 Å². The molecule has 0 radical (unpaired) electrons. The molecule has 1 saturated carbocycles. The van der Waals surface area contributed by atoms with Crippen molar-refractivity contribution in [3.63, 3.8) is 0 Å². The minimum Gasteiger partial charge on any atom is -0.356 e. The molecule has 0 aromatic rings. The standard InChI is InChI=1S/C19H37N5O/c1-16-9-6-7-13-24(16)14-8-12-20-19(21-15-18(25)23(2)3)22-17-10-4-5-11-17/h16-17H,4-15H2,1-3H3,(H2,20,21,22). The van der Waals surface area contributed by atoms with E-state index in [0.29, 0.717) is 6.04 Å². The van der Waals surface area contributed by atoms with E-state index in [1.807, 2.05) is 0 Å². The van der Waals surface area contributed by atoms with Gasteiger partial charge in [-0.05, 0) is 45.6 Å². The molecule has 2 rings (SSSR count). The predicted molar refractivity (Wildman–Crippen MR) is 104 cm³/mol. The Morgan fingerprint density at radius 3 is 2.56 bits per heavy atom. The predicted octanol–water partition coefficient (Wildman–Crippen LogP) is 1.82. The van der Waals surface area contributed by atoms with Crippen LogP contribution in [0.1, 0.15) is 58.3 Å². The number of amides is 1. The van der Waals surface area contributed by atoms with Crippen LogP contribution in [-0.2, 0) is 4.79 Å². The summed E-state index contributed by atoms with van der Waals surface area (Å²) >= 11 is 0. The number of hydrogen-bond donors (Lipinski definition) is 2. The Bertz CT molecular complexity index is 432. The Hall–Kier alpha value is -1.30. The number of hydrogen-bond acceptors (Lipinski definition) is 3. The molecule has 1 amide bonds. The Balaban J connectivity index is 1.76. The fourth-order valence-corrected chi connectivity index (χ4v) is 3.68. The van der Waals surface area contributed by atoms with Crippen molar-refractivity contribution in [3.05, 3.63) is 0 Å². The molecule has 0 spiro atoms. The minimum absolute atomic E-state index is 0.0367. The van der Waals surface area contributed by atoms with Crippen LogP contribution in [0.3, 0.4) is 0 Å². The molecule has 0 bridgehead atoms. The average molecular weight is 352 g/mol. The zero-order valence-electron chi connectivity index (χ0n) is 16.4. The number of piperidine rings is 1. The van der Waals surface area contributed by atoms with Gasteiger partial charge in [-0.1, -0.05) is 19.3 Å². The van der Waals surface area contributed by atoms with Gasteiger partial charge in [0.1, 0.15) is 6.54 Å². The Morgan fingerprint density at radius 2 is 1.88 bits per heavy atom. The maximum atomic E-state index is 11.8. The van der Waals surface area contributed by atoms with Gasteiger partial charge < -0.3 is 20.4 Å². The number of guanidine groups is 1. The molecule has 25 heavy (non-hydrogen) atoms. The van der Waals surface area contributed by atoms with Crippen molar-refractivity contribution in [2.75, 3.05) is 40.3 Å². The third kappa shape index (κ3) is 7.22. The van der Waals surface area contributed by atoms with Crippen molar-refractivity contribution in [1.29, 1.82) is 0 Å². The van der Waals surface area contributed by atoms with Crippen LogP contribution in [0.25, 0.3) is 0 Å². The van der Waals surface area contributed by atoms with E-state index in [0.717, 1.165) is 31.5 Å². The van der Waals surface area contributed by atoms with E-state index in [2.05, 4.69) is 27.4 Å². The van der Waals surface area contributed by atoms with E-state index in [1.165, 1.54) is 51.5 Å². The molecule has 1 aliphatic heterocycles. The second-order valence-electron chi connectivity index (χ2n) is 7.74. The van der Waals surface area contributed by atoms with Crippen molar-refractivity contribution in [1.82, 2.24) is 20.4 Å². The van der Waals surface area contributed by atoms with Gasteiger partial charge in [0.25, 0.3) is 0 Å². The maximum absolute atomic E-state index is 11.8. The summed E-state index contributed by atoms with van der Waals surface area (Å²) in [6.07, 6.45) is 10.1. The highest BCUT2D eigenvalue weighted by Crippen LogP contribution is 2.17. The number of aliphatic imine (C=N–C) groups is 1. The first-order valence-electron chi connectivity index (χ1n) is 10.1. The minimum atomic E-state index is 0.0367. The highest BCUT2D eigenvalue weighted by Gasteiger charge is 2.18. The fourth-order valence-electron chi connectivity index (χ4n) is 3.68. The smallest absolute Gasteiger partial charge is 0.243 e. The maximum Gasteiger partial charge on any atom is 0.243 e. The Morgan fingerprint density at radius 1 is 1.16 bits per heavy atom. The molecule has 2 fully saturated rings. The molecule has 6 nitrogen and oxygen atoms in total. The van der Waals surface area contributed by atoms with Crippen molar-refractivity contribution in [3.8, 4) is 0 Å². The summed E-state index contributed by atoms with van der Waals surface area (Å²) in [5, 5.41) is 6.95. The zero-order chi connectivity index (χ0) is 18.1. The summed E-state index contributed by atoms with van der Waals surface area (Å²) in [4.78, 5) is 20.5. The summed E-state index contributed by atoms with van der Waals surface area (Å²) in [5.74, 6) is 0.837. The first kappa shape index (κ1) is 20.0. The van der Waals surface area contributed by atoms with Crippen molar-refractivity contribution < 1.29 is 4.79 Å². The van der Waals surface area contributed by atoms with Gasteiger partial charge in [0, 0.05) is 39.3 Å². The van der Waals surface area contributed by atoms with Gasteiger partial charge in [0.2, 0.25) is 5.91 Å². The normalized spacial score (nSPS) is 22.8. The number of likely N-dealkylation sites (N-methyl/N-ethyl adjacent to an activating group) is 1. The van der Waals surface area contributed by atoms with E-state index in [1.54, 1.807) is 19.0 Å². The molecule has 1 unspecified atom stereocenters. The molecular weight excluding hydrogens is 314 g/mol. The van der Waals surface area contributed by atoms with Crippen LogP contribution in [0.15, 0.2) is 4.99 Å². The lowest BCUT2D eigenvalue weighted by Crippen LogP contribution is -2.44. The molecule has 1 heterocycles.